The second-order valence-electron chi connectivity index (χ2n) is 4.97. The van der Waals surface area contributed by atoms with Crippen LogP contribution in [-0.4, -0.2) is 21.2 Å². The molecule has 6 heteroatoms. The minimum Gasteiger partial charge on any atom is -0.437 e. The van der Waals surface area contributed by atoms with Crippen LogP contribution in [0.2, 0.25) is 0 Å². The standard InChI is InChI=1S/C15H16N4O2/c16-14(19-20)13-7-8-17-18-15(13)21-12-6-5-10-3-1-2-4-11(10)9-12/h5-9,20H,1-4H2,(H2,16,19). The highest BCUT2D eigenvalue weighted by Gasteiger charge is 2.14. The van der Waals surface area contributed by atoms with Crippen molar-refractivity contribution in [3.63, 3.8) is 0 Å². The Bertz CT molecular complexity index is 685. The lowest BCUT2D eigenvalue weighted by atomic mass is 9.92. The Hall–Kier alpha value is -2.63. The minimum absolute atomic E-state index is 0.0575. The molecule has 108 valence electrons. The van der Waals surface area contributed by atoms with Gasteiger partial charge in [-0.15, -0.1) is 5.10 Å². The maximum Gasteiger partial charge on any atom is 0.250 e. The van der Waals surface area contributed by atoms with Gasteiger partial charge in [0.05, 0.1) is 11.8 Å². The van der Waals surface area contributed by atoms with Gasteiger partial charge in [0.15, 0.2) is 5.84 Å². The van der Waals surface area contributed by atoms with Crippen molar-refractivity contribution in [3.05, 3.63) is 47.2 Å². The highest BCUT2D eigenvalue weighted by atomic mass is 16.5. The second-order valence-corrected chi connectivity index (χ2v) is 4.97. The Labute approximate surface area is 122 Å². The molecule has 1 heterocycles. The molecule has 21 heavy (non-hydrogen) atoms. The topological polar surface area (TPSA) is 93.6 Å². The zero-order valence-electron chi connectivity index (χ0n) is 11.5. The average Bonchev–Trinajstić information content (AvgIpc) is 2.54. The molecule has 2 aromatic rings. The number of oxime groups is 1. The van der Waals surface area contributed by atoms with Crippen LogP contribution in [0.15, 0.2) is 35.6 Å². The first-order valence-corrected chi connectivity index (χ1v) is 6.87. The number of amidine groups is 1. The lowest BCUT2D eigenvalue weighted by Gasteiger charge is -2.16. The van der Waals surface area contributed by atoms with E-state index in [-0.39, 0.29) is 11.7 Å². The third kappa shape index (κ3) is 2.79. The average molecular weight is 284 g/mol. The summed E-state index contributed by atoms with van der Waals surface area (Å²) in [6, 6.07) is 7.62. The zero-order valence-corrected chi connectivity index (χ0v) is 11.5. The number of aromatic nitrogens is 2. The number of nitrogens with zero attached hydrogens (tertiary/aromatic N) is 3. The molecule has 0 radical (unpaired) electrons. The van der Waals surface area contributed by atoms with Gasteiger partial charge in [0.1, 0.15) is 5.75 Å². The molecule has 0 spiro atoms. The largest absolute Gasteiger partial charge is 0.437 e. The summed E-state index contributed by atoms with van der Waals surface area (Å²) in [5.41, 5.74) is 8.71. The van der Waals surface area contributed by atoms with Gasteiger partial charge in [-0.25, -0.2) is 0 Å². The van der Waals surface area contributed by atoms with Gasteiger partial charge in [0.2, 0.25) is 5.88 Å². The summed E-state index contributed by atoms with van der Waals surface area (Å²) in [5, 5.41) is 19.5. The molecule has 0 unspecified atom stereocenters. The summed E-state index contributed by atoms with van der Waals surface area (Å²) < 4.78 is 5.75. The van der Waals surface area contributed by atoms with Gasteiger partial charge >= 0.3 is 0 Å². The van der Waals surface area contributed by atoms with E-state index in [0.717, 1.165) is 12.8 Å². The summed E-state index contributed by atoms with van der Waals surface area (Å²) in [5.74, 6) is 0.851. The molecule has 0 amide bonds. The van der Waals surface area contributed by atoms with Gasteiger partial charge in [0, 0.05) is 0 Å². The smallest absolute Gasteiger partial charge is 0.250 e. The number of hydrogen-bond acceptors (Lipinski definition) is 5. The summed E-state index contributed by atoms with van der Waals surface area (Å²) in [4.78, 5) is 0. The van der Waals surface area contributed by atoms with Crippen molar-refractivity contribution in [3.8, 4) is 11.6 Å². The normalized spacial score (nSPS) is 14.6. The fourth-order valence-corrected chi connectivity index (χ4v) is 2.53. The van der Waals surface area contributed by atoms with Crippen molar-refractivity contribution in [2.45, 2.75) is 25.7 Å². The van der Waals surface area contributed by atoms with E-state index in [1.54, 1.807) is 6.07 Å². The van der Waals surface area contributed by atoms with Crippen LogP contribution in [0.4, 0.5) is 0 Å². The van der Waals surface area contributed by atoms with Crippen molar-refractivity contribution in [2.24, 2.45) is 10.9 Å². The first-order valence-electron chi connectivity index (χ1n) is 6.87. The Morgan fingerprint density at radius 1 is 1.19 bits per heavy atom. The number of benzene rings is 1. The maximum absolute atomic E-state index is 8.80. The first kappa shape index (κ1) is 13.4. The Kier molecular flexibility index (Phi) is 3.68. The number of fused-ring (bicyclic) bond motifs is 1. The van der Waals surface area contributed by atoms with Crippen LogP contribution in [0.3, 0.4) is 0 Å². The van der Waals surface area contributed by atoms with Gasteiger partial charge in [-0.2, -0.15) is 5.10 Å². The molecule has 1 aromatic carbocycles. The van der Waals surface area contributed by atoms with E-state index < -0.39 is 0 Å². The third-order valence-electron chi connectivity index (χ3n) is 3.61. The molecule has 3 rings (SSSR count). The van der Waals surface area contributed by atoms with Crippen molar-refractivity contribution >= 4 is 5.84 Å². The molecule has 1 aliphatic rings. The van der Waals surface area contributed by atoms with Crippen molar-refractivity contribution in [1.29, 1.82) is 0 Å². The lowest BCUT2D eigenvalue weighted by Crippen LogP contribution is -2.15. The van der Waals surface area contributed by atoms with Gasteiger partial charge in [-0.05, 0) is 55.0 Å². The molecular weight excluding hydrogens is 268 g/mol. The summed E-state index contributed by atoms with van der Waals surface area (Å²) in [6.07, 6.45) is 6.10. The van der Waals surface area contributed by atoms with Gasteiger partial charge in [0.25, 0.3) is 0 Å². The van der Waals surface area contributed by atoms with E-state index in [2.05, 4.69) is 21.4 Å². The highest BCUT2D eigenvalue weighted by molar-refractivity contribution is 5.98. The van der Waals surface area contributed by atoms with Gasteiger partial charge in [-0.3, -0.25) is 0 Å². The predicted molar refractivity (Wildman–Crippen MR) is 77.7 cm³/mol. The molecule has 6 nitrogen and oxygen atoms in total. The highest BCUT2D eigenvalue weighted by Crippen LogP contribution is 2.28. The minimum atomic E-state index is -0.0575. The van der Waals surface area contributed by atoms with Crippen molar-refractivity contribution in [1.82, 2.24) is 10.2 Å². The summed E-state index contributed by atoms with van der Waals surface area (Å²) in [6.45, 7) is 0. The van der Waals surface area contributed by atoms with Crippen molar-refractivity contribution in [2.75, 3.05) is 0 Å². The van der Waals surface area contributed by atoms with Crippen LogP contribution in [-0.2, 0) is 12.8 Å². The lowest BCUT2D eigenvalue weighted by molar-refractivity contribution is 0.318. The van der Waals surface area contributed by atoms with E-state index in [0.29, 0.717) is 11.3 Å². The van der Waals surface area contributed by atoms with E-state index >= 15 is 0 Å². The second kappa shape index (κ2) is 5.78. The maximum atomic E-state index is 8.80. The third-order valence-corrected chi connectivity index (χ3v) is 3.61. The molecule has 0 bridgehead atoms. The Balaban J connectivity index is 1.90. The molecule has 1 aliphatic carbocycles. The van der Waals surface area contributed by atoms with Gasteiger partial charge < -0.3 is 15.7 Å². The fraction of sp³-hybridized carbons (Fsp3) is 0.267. The number of hydrogen-bond donors (Lipinski definition) is 2. The van der Waals surface area contributed by atoms with Crippen LogP contribution in [0.25, 0.3) is 0 Å². The number of rotatable bonds is 3. The fourth-order valence-electron chi connectivity index (χ4n) is 2.53. The van der Waals surface area contributed by atoms with Crippen LogP contribution in [0, 0.1) is 0 Å². The Morgan fingerprint density at radius 3 is 2.81 bits per heavy atom. The summed E-state index contributed by atoms with van der Waals surface area (Å²) in [7, 11) is 0. The zero-order chi connectivity index (χ0) is 14.7. The van der Waals surface area contributed by atoms with E-state index in [4.69, 9.17) is 15.7 Å². The van der Waals surface area contributed by atoms with Crippen LogP contribution >= 0.6 is 0 Å². The van der Waals surface area contributed by atoms with Crippen LogP contribution in [0.1, 0.15) is 29.5 Å². The molecule has 1 aromatic heterocycles. The van der Waals surface area contributed by atoms with E-state index in [1.807, 2.05) is 12.1 Å². The van der Waals surface area contributed by atoms with E-state index in [1.165, 1.54) is 30.2 Å². The first-order chi connectivity index (χ1) is 10.3. The number of aryl methyl sites for hydroxylation is 2. The van der Waals surface area contributed by atoms with E-state index in [9.17, 15) is 0 Å². The molecule has 0 saturated heterocycles. The number of nitrogens with two attached hydrogens (primary N) is 1. The summed E-state index contributed by atoms with van der Waals surface area (Å²) >= 11 is 0. The molecule has 0 fully saturated rings. The van der Waals surface area contributed by atoms with Crippen molar-refractivity contribution < 1.29 is 9.94 Å². The molecule has 0 saturated carbocycles. The molecule has 0 aliphatic heterocycles. The Morgan fingerprint density at radius 2 is 2.00 bits per heavy atom. The van der Waals surface area contributed by atoms with Gasteiger partial charge in [-0.1, -0.05) is 11.2 Å². The quantitative estimate of drug-likeness (QED) is 0.390. The molecular formula is C15H16N4O2. The molecule has 3 N–H and O–H groups in total. The molecule has 0 atom stereocenters. The van der Waals surface area contributed by atoms with Crippen LogP contribution < -0.4 is 10.5 Å². The monoisotopic (exact) mass is 284 g/mol. The predicted octanol–water partition coefficient (Wildman–Crippen LogP) is 2.24. The number of ether oxygens (including phenoxy) is 1. The SMILES string of the molecule is N/C(=N/O)c1ccnnc1Oc1ccc2c(c1)CCCC2. The van der Waals surface area contributed by atoms with Crippen LogP contribution in [0.5, 0.6) is 11.6 Å².